The summed E-state index contributed by atoms with van der Waals surface area (Å²) in [6.45, 7) is 0.626. The number of benzene rings is 1. The smallest absolute Gasteiger partial charge is 0.282 e. The lowest BCUT2D eigenvalue weighted by molar-refractivity contribution is 0.207. The second kappa shape index (κ2) is 6.41. The average molecular weight is 319 g/mol. The maximum atomic E-state index is 12.5. The molecule has 0 bridgehead atoms. The van der Waals surface area contributed by atoms with E-state index in [1.54, 1.807) is 19.2 Å². The molecule has 7 heteroatoms. The molecule has 1 fully saturated rings. The van der Waals surface area contributed by atoms with Crippen LogP contribution in [0.4, 0.5) is 0 Å². The van der Waals surface area contributed by atoms with E-state index in [1.165, 1.54) is 8.61 Å². The van der Waals surface area contributed by atoms with E-state index >= 15 is 0 Å². The monoisotopic (exact) mass is 318 g/mol. The highest BCUT2D eigenvalue weighted by molar-refractivity contribution is 7.86. The van der Waals surface area contributed by atoms with Crippen LogP contribution in [0.25, 0.3) is 0 Å². The van der Waals surface area contributed by atoms with Crippen molar-refractivity contribution in [3.63, 3.8) is 0 Å². The van der Waals surface area contributed by atoms with E-state index in [1.807, 2.05) is 12.1 Å². The first-order valence-electron chi connectivity index (χ1n) is 6.53. The van der Waals surface area contributed by atoms with Gasteiger partial charge in [-0.25, -0.2) is 0 Å². The summed E-state index contributed by atoms with van der Waals surface area (Å²) in [5.41, 5.74) is 0.875. The van der Waals surface area contributed by atoms with Gasteiger partial charge in [-0.05, 0) is 30.5 Å². The second-order valence-electron chi connectivity index (χ2n) is 4.98. The third-order valence-corrected chi connectivity index (χ3v) is 5.78. The van der Waals surface area contributed by atoms with Crippen LogP contribution in [0.1, 0.15) is 18.4 Å². The first-order valence-corrected chi connectivity index (χ1v) is 8.31. The first kappa shape index (κ1) is 15.7. The van der Waals surface area contributed by atoms with Crippen molar-refractivity contribution in [3.8, 4) is 0 Å². The van der Waals surface area contributed by atoms with E-state index in [2.05, 4.69) is 0 Å². The highest BCUT2D eigenvalue weighted by Crippen LogP contribution is 2.23. The first-order chi connectivity index (χ1) is 9.45. The van der Waals surface area contributed by atoms with Gasteiger partial charge in [0.15, 0.2) is 0 Å². The minimum Gasteiger partial charge on any atom is -0.395 e. The van der Waals surface area contributed by atoms with Crippen LogP contribution in [0.3, 0.4) is 0 Å². The van der Waals surface area contributed by atoms with Crippen LogP contribution in [0.2, 0.25) is 5.02 Å². The van der Waals surface area contributed by atoms with Crippen molar-refractivity contribution in [3.05, 3.63) is 34.9 Å². The van der Waals surface area contributed by atoms with E-state index < -0.39 is 10.2 Å². The lowest BCUT2D eigenvalue weighted by Crippen LogP contribution is -2.45. The molecule has 0 spiro atoms. The van der Waals surface area contributed by atoms with E-state index in [-0.39, 0.29) is 19.2 Å². The van der Waals surface area contributed by atoms with Crippen molar-refractivity contribution in [1.29, 1.82) is 0 Å². The normalized spacial score (nSPS) is 20.7. The molecular formula is C13H19ClN2O3S. The maximum Gasteiger partial charge on any atom is 0.282 e. The molecule has 0 radical (unpaired) electrons. The van der Waals surface area contributed by atoms with Gasteiger partial charge in [-0.1, -0.05) is 23.7 Å². The SMILES string of the molecule is CN(Cc1ccc(Cl)cc1)S(=O)(=O)N1CCC[C@H]1CO. The van der Waals surface area contributed by atoms with E-state index in [4.69, 9.17) is 11.6 Å². The Bertz CT molecular complexity index is 547. The van der Waals surface area contributed by atoms with Gasteiger partial charge in [0.2, 0.25) is 0 Å². The molecule has 1 N–H and O–H groups in total. The topological polar surface area (TPSA) is 60.9 Å². The molecule has 1 aliphatic heterocycles. The van der Waals surface area contributed by atoms with Crippen molar-refractivity contribution >= 4 is 21.8 Å². The highest BCUT2D eigenvalue weighted by Gasteiger charge is 2.36. The molecule has 2 rings (SSSR count). The number of halogens is 1. The Morgan fingerprint density at radius 2 is 2.05 bits per heavy atom. The van der Waals surface area contributed by atoms with Crippen molar-refractivity contribution < 1.29 is 13.5 Å². The van der Waals surface area contributed by atoms with Crippen LogP contribution in [-0.2, 0) is 16.8 Å². The Morgan fingerprint density at radius 3 is 2.65 bits per heavy atom. The molecule has 0 aliphatic carbocycles. The van der Waals surface area contributed by atoms with Crippen LogP contribution >= 0.6 is 11.6 Å². The minimum absolute atomic E-state index is 0.131. The summed E-state index contributed by atoms with van der Waals surface area (Å²) < 4.78 is 27.7. The maximum absolute atomic E-state index is 12.5. The van der Waals surface area contributed by atoms with Gasteiger partial charge in [0.05, 0.1) is 6.61 Å². The number of hydrogen-bond donors (Lipinski definition) is 1. The summed E-state index contributed by atoms with van der Waals surface area (Å²) >= 11 is 5.81. The summed E-state index contributed by atoms with van der Waals surface area (Å²) in [6.07, 6.45) is 1.50. The van der Waals surface area contributed by atoms with Gasteiger partial charge in [-0.15, -0.1) is 0 Å². The molecule has 5 nitrogen and oxygen atoms in total. The van der Waals surface area contributed by atoms with Crippen molar-refractivity contribution in [2.75, 3.05) is 20.2 Å². The van der Waals surface area contributed by atoms with Crippen molar-refractivity contribution in [2.24, 2.45) is 0 Å². The van der Waals surface area contributed by atoms with Crippen LogP contribution in [0, 0.1) is 0 Å². The Morgan fingerprint density at radius 1 is 1.40 bits per heavy atom. The second-order valence-corrected chi connectivity index (χ2v) is 7.40. The number of rotatable bonds is 5. The molecule has 0 amide bonds. The molecule has 1 aromatic rings. The fourth-order valence-electron chi connectivity index (χ4n) is 2.40. The summed E-state index contributed by atoms with van der Waals surface area (Å²) in [7, 11) is -1.98. The van der Waals surface area contributed by atoms with Crippen LogP contribution in [-0.4, -0.2) is 48.4 Å². The molecule has 0 unspecified atom stereocenters. The molecule has 1 aliphatic rings. The fourth-order valence-corrected chi connectivity index (χ4v) is 4.11. The molecule has 1 saturated heterocycles. The zero-order valence-electron chi connectivity index (χ0n) is 11.4. The van der Waals surface area contributed by atoms with E-state index in [0.717, 1.165) is 12.0 Å². The van der Waals surface area contributed by atoms with Gasteiger partial charge in [0.25, 0.3) is 10.2 Å². The lowest BCUT2D eigenvalue weighted by atomic mass is 10.2. The van der Waals surface area contributed by atoms with Gasteiger partial charge in [-0.2, -0.15) is 17.0 Å². The minimum atomic E-state index is -3.53. The average Bonchev–Trinajstić information content (AvgIpc) is 2.90. The summed E-state index contributed by atoms with van der Waals surface area (Å²) in [5, 5.41) is 9.89. The standard InChI is InChI=1S/C13H19ClN2O3S/c1-15(9-11-4-6-12(14)7-5-11)20(18,19)16-8-2-3-13(16)10-17/h4-7,13,17H,2-3,8-10H2,1H3/t13-/m0/s1. The zero-order chi connectivity index (χ0) is 14.8. The quantitative estimate of drug-likeness (QED) is 0.894. The van der Waals surface area contributed by atoms with Gasteiger partial charge >= 0.3 is 0 Å². The highest BCUT2D eigenvalue weighted by atomic mass is 35.5. The van der Waals surface area contributed by atoms with Crippen molar-refractivity contribution in [2.45, 2.75) is 25.4 Å². The molecule has 112 valence electrons. The fraction of sp³-hybridized carbons (Fsp3) is 0.538. The predicted octanol–water partition coefficient (Wildman–Crippen LogP) is 1.47. The van der Waals surface area contributed by atoms with Crippen molar-refractivity contribution in [1.82, 2.24) is 8.61 Å². The van der Waals surface area contributed by atoms with E-state index in [9.17, 15) is 13.5 Å². The van der Waals surface area contributed by atoms with E-state index in [0.29, 0.717) is 18.0 Å². The zero-order valence-corrected chi connectivity index (χ0v) is 12.9. The molecule has 0 saturated carbocycles. The Labute approximate surface area is 124 Å². The summed E-state index contributed by atoms with van der Waals surface area (Å²) in [4.78, 5) is 0. The molecule has 0 aromatic heterocycles. The summed E-state index contributed by atoms with van der Waals surface area (Å²) in [6, 6.07) is 6.80. The number of nitrogens with zero attached hydrogens (tertiary/aromatic N) is 2. The molecular weight excluding hydrogens is 300 g/mol. The van der Waals surface area contributed by atoms with Crippen LogP contribution in [0.5, 0.6) is 0 Å². The third-order valence-electron chi connectivity index (χ3n) is 3.54. The molecule has 1 atom stereocenters. The van der Waals surface area contributed by atoms with Gasteiger partial charge in [-0.3, -0.25) is 0 Å². The largest absolute Gasteiger partial charge is 0.395 e. The third kappa shape index (κ3) is 3.32. The Hall–Kier alpha value is -0.660. The van der Waals surface area contributed by atoms with Gasteiger partial charge in [0, 0.05) is 31.2 Å². The van der Waals surface area contributed by atoms with Crippen LogP contribution in [0.15, 0.2) is 24.3 Å². The number of aliphatic hydroxyl groups is 1. The van der Waals surface area contributed by atoms with Crippen LogP contribution < -0.4 is 0 Å². The predicted molar refractivity (Wildman–Crippen MR) is 78.7 cm³/mol. The lowest BCUT2D eigenvalue weighted by Gasteiger charge is -2.27. The Balaban J connectivity index is 2.11. The van der Waals surface area contributed by atoms with Gasteiger partial charge < -0.3 is 5.11 Å². The number of aliphatic hydroxyl groups excluding tert-OH is 1. The Kier molecular flexibility index (Phi) is 5.04. The van der Waals surface area contributed by atoms with Gasteiger partial charge in [0.1, 0.15) is 0 Å². The molecule has 1 aromatic carbocycles. The molecule has 20 heavy (non-hydrogen) atoms. The number of hydrogen-bond acceptors (Lipinski definition) is 3. The molecule has 1 heterocycles. The summed E-state index contributed by atoms with van der Waals surface area (Å²) in [5.74, 6) is 0.